The van der Waals surface area contributed by atoms with E-state index in [1.54, 1.807) is 11.9 Å². The molecule has 0 aliphatic rings. The highest BCUT2D eigenvalue weighted by Gasteiger charge is 2.16. The molecule has 0 atom stereocenters. The Morgan fingerprint density at radius 3 is 2.28 bits per heavy atom. The molecule has 0 fully saturated rings. The number of benzene rings is 2. The fraction of sp³-hybridized carbons (Fsp3) is 0.250. The van der Waals surface area contributed by atoms with Gasteiger partial charge in [-0.05, 0) is 32.9 Å². The maximum absolute atomic E-state index is 12.6. The first-order chi connectivity index (χ1) is 11.9. The molecule has 5 heteroatoms. The second kappa shape index (κ2) is 6.89. The molecule has 3 rings (SSSR count). The van der Waals surface area contributed by atoms with Gasteiger partial charge in [-0.3, -0.25) is 4.79 Å². The van der Waals surface area contributed by atoms with Gasteiger partial charge in [0.25, 0.3) is 5.91 Å². The van der Waals surface area contributed by atoms with E-state index in [0.717, 1.165) is 16.7 Å². The van der Waals surface area contributed by atoms with Crippen molar-refractivity contribution < 1.29 is 9.32 Å². The topological polar surface area (TPSA) is 59.2 Å². The Balaban J connectivity index is 1.73. The molecule has 0 spiro atoms. The Kier molecular flexibility index (Phi) is 4.65. The molecule has 0 bridgehead atoms. The fourth-order valence-electron chi connectivity index (χ4n) is 2.73. The van der Waals surface area contributed by atoms with Gasteiger partial charge in [-0.25, -0.2) is 0 Å². The second-order valence-corrected chi connectivity index (χ2v) is 6.42. The van der Waals surface area contributed by atoms with E-state index in [9.17, 15) is 4.79 Å². The normalized spacial score (nSPS) is 10.7. The molecule has 0 aliphatic carbocycles. The summed E-state index contributed by atoms with van der Waals surface area (Å²) < 4.78 is 5.30. The predicted octanol–water partition coefficient (Wildman–Crippen LogP) is 3.93. The Morgan fingerprint density at radius 2 is 1.64 bits per heavy atom. The van der Waals surface area contributed by atoms with E-state index in [4.69, 9.17) is 4.52 Å². The molecule has 3 aromatic rings. The van der Waals surface area contributed by atoms with E-state index < -0.39 is 0 Å². The lowest BCUT2D eigenvalue weighted by Crippen LogP contribution is -2.26. The van der Waals surface area contributed by atoms with E-state index >= 15 is 0 Å². The first-order valence-electron chi connectivity index (χ1n) is 8.16. The molecule has 2 aromatic carbocycles. The largest absolute Gasteiger partial charge is 0.337 e. The summed E-state index contributed by atoms with van der Waals surface area (Å²) in [6.45, 7) is 6.26. The molecule has 0 aliphatic heterocycles. The molecule has 1 aromatic heterocycles. The van der Waals surface area contributed by atoms with E-state index in [1.807, 2.05) is 63.2 Å². The van der Waals surface area contributed by atoms with Gasteiger partial charge >= 0.3 is 0 Å². The maximum Gasteiger partial charge on any atom is 0.254 e. The summed E-state index contributed by atoms with van der Waals surface area (Å²) in [5.74, 6) is 0.875. The van der Waals surface area contributed by atoms with Crippen LogP contribution in [0.5, 0.6) is 0 Å². The smallest absolute Gasteiger partial charge is 0.254 e. The van der Waals surface area contributed by atoms with Crippen LogP contribution in [-0.4, -0.2) is 28.0 Å². The van der Waals surface area contributed by atoms with Gasteiger partial charge in [-0.15, -0.1) is 0 Å². The summed E-state index contributed by atoms with van der Waals surface area (Å²) in [7, 11) is 1.73. The van der Waals surface area contributed by atoms with Gasteiger partial charge in [-0.2, -0.15) is 4.98 Å². The van der Waals surface area contributed by atoms with Crippen LogP contribution in [-0.2, 0) is 6.54 Å². The average molecular weight is 335 g/mol. The molecule has 1 amide bonds. The first-order valence-corrected chi connectivity index (χ1v) is 8.16. The molecule has 25 heavy (non-hydrogen) atoms. The predicted molar refractivity (Wildman–Crippen MR) is 96.2 cm³/mol. The molecule has 0 saturated heterocycles. The standard InChI is InChI=1S/C20H21N3O2/c1-13-5-7-16(8-6-13)19-21-18(25-22-19)12-23(4)20(24)17-10-14(2)9-15(3)11-17/h5-11H,12H2,1-4H3. The van der Waals surface area contributed by atoms with Gasteiger partial charge < -0.3 is 9.42 Å². The van der Waals surface area contributed by atoms with Crippen LogP contribution in [0.1, 0.15) is 32.9 Å². The van der Waals surface area contributed by atoms with Gasteiger partial charge in [0.1, 0.15) is 0 Å². The fourth-order valence-corrected chi connectivity index (χ4v) is 2.73. The molecule has 0 saturated carbocycles. The number of carbonyl (C=O) groups excluding carboxylic acids is 1. The highest BCUT2D eigenvalue weighted by molar-refractivity contribution is 5.94. The molecule has 0 N–H and O–H groups in total. The minimum atomic E-state index is -0.0677. The Bertz CT molecular complexity index is 877. The number of hydrogen-bond donors (Lipinski definition) is 0. The van der Waals surface area contributed by atoms with E-state index in [1.165, 1.54) is 5.56 Å². The molecule has 0 radical (unpaired) electrons. The minimum Gasteiger partial charge on any atom is -0.337 e. The summed E-state index contributed by atoms with van der Waals surface area (Å²) in [5.41, 5.74) is 4.86. The van der Waals surface area contributed by atoms with Crippen molar-refractivity contribution in [2.75, 3.05) is 7.05 Å². The van der Waals surface area contributed by atoms with Crippen molar-refractivity contribution in [1.29, 1.82) is 0 Å². The Hall–Kier alpha value is -2.95. The highest BCUT2D eigenvalue weighted by atomic mass is 16.5. The van der Waals surface area contributed by atoms with Gasteiger partial charge in [0, 0.05) is 18.2 Å². The molecule has 128 valence electrons. The number of aromatic nitrogens is 2. The van der Waals surface area contributed by atoms with Crippen LogP contribution in [0, 0.1) is 20.8 Å². The first kappa shape index (κ1) is 16.9. The van der Waals surface area contributed by atoms with Crippen molar-refractivity contribution in [2.24, 2.45) is 0 Å². The second-order valence-electron chi connectivity index (χ2n) is 6.42. The minimum absolute atomic E-state index is 0.0677. The zero-order valence-electron chi connectivity index (χ0n) is 14.9. The number of amides is 1. The van der Waals surface area contributed by atoms with Crippen LogP contribution in [0.4, 0.5) is 0 Å². The summed E-state index contributed by atoms with van der Waals surface area (Å²) in [4.78, 5) is 18.6. The number of rotatable bonds is 4. The van der Waals surface area contributed by atoms with Crippen molar-refractivity contribution in [3.63, 3.8) is 0 Å². The van der Waals surface area contributed by atoms with Crippen LogP contribution < -0.4 is 0 Å². The highest BCUT2D eigenvalue weighted by Crippen LogP contribution is 2.17. The Morgan fingerprint density at radius 1 is 1.00 bits per heavy atom. The third-order valence-corrected chi connectivity index (χ3v) is 3.97. The van der Waals surface area contributed by atoms with Crippen LogP contribution in [0.15, 0.2) is 47.0 Å². The summed E-state index contributed by atoms with van der Waals surface area (Å²) >= 11 is 0. The number of nitrogens with zero attached hydrogens (tertiary/aromatic N) is 3. The monoisotopic (exact) mass is 335 g/mol. The van der Waals surface area contributed by atoms with E-state index in [2.05, 4.69) is 10.1 Å². The average Bonchev–Trinajstić information content (AvgIpc) is 3.02. The number of aryl methyl sites for hydroxylation is 3. The van der Waals surface area contributed by atoms with E-state index in [-0.39, 0.29) is 12.5 Å². The van der Waals surface area contributed by atoms with Crippen molar-refractivity contribution in [3.8, 4) is 11.4 Å². The maximum atomic E-state index is 12.6. The van der Waals surface area contributed by atoms with Crippen molar-refractivity contribution in [2.45, 2.75) is 27.3 Å². The summed E-state index contributed by atoms with van der Waals surface area (Å²) in [6.07, 6.45) is 0. The van der Waals surface area contributed by atoms with Crippen LogP contribution in [0.2, 0.25) is 0 Å². The van der Waals surface area contributed by atoms with Crippen molar-refractivity contribution in [3.05, 3.63) is 70.6 Å². The lowest BCUT2D eigenvalue weighted by molar-refractivity contribution is 0.0769. The summed E-state index contributed by atoms with van der Waals surface area (Å²) in [5, 5.41) is 4.01. The van der Waals surface area contributed by atoms with E-state index in [0.29, 0.717) is 17.3 Å². The molecule has 5 nitrogen and oxygen atoms in total. The lowest BCUT2D eigenvalue weighted by Gasteiger charge is -2.15. The quantitative estimate of drug-likeness (QED) is 0.725. The van der Waals surface area contributed by atoms with Gasteiger partial charge in [0.15, 0.2) is 0 Å². The number of carbonyl (C=O) groups is 1. The SMILES string of the molecule is Cc1ccc(-c2noc(CN(C)C(=O)c3cc(C)cc(C)c3)n2)cc1. The van der Waals surface area contributed by atoms with Crippen molar-refractivity contribution >= 4 is 5.91 Å². The third-order valence-electron chi connectivity index (χ3n) is 3.97. The van der Waals surface area contributed by atoms with Crippen LogP contribution in [0.3, 0.4) is 0 Å². The van der Waals surface area contributed by atoms with Gasteiger partial charge in [-0.1, -0.05) is 52.2 Å². The molecular weight excluding hydrogens is 314 g/mol. The lowest BCUT2D eigenvalue weighted by atomic mass is 10.1. The third kappa shape index (κ3) is 3.94. The zero-order chi connectivity index (χ0) is 18.0. The van der Waals surface area contributed by atoms with Gasteiger partial charge in [0.05, 0.1) is 6.54 Å². The van der Waals surface area contributed by atoms with Crippen molar-refractivity contribution in [1.82, 2.24) is 15.0 Å². The number of hydrogen-bond acceptors (Lipinski definition) is 4. The summed E-state index contributed by atoms with van der Waals surface area (Å²) in [6, 6.07) is 13.7. The molecule has 0 unspecified atom stereocenters. The van der Waals surface area contributed by atoms with Gasteiger partial charge in [0.2, 0.25) is 11.7 Å². The van der Waals surface area contributed by atoms with Crippen LogP contribution in [0.25, 0.3) is 11.4 Å². The Labute approximate surface area is 147 Å². The molecular formula is C20H21N3O2. The van der Waals surface area contributed by atoms with Crippen LogP contribution >= 0.6 is 0 Å². The zero-order valence-corrected chi connectivity index (χ0v) is 14.9. The molecule has 1 heterocycles.